The minimum atomic E-state index is -0.0160. The second-order valence-corrected chi connectivity index (χ2v) is 6.21. The number of nitrogens with one attached hydrogen (secondary N) is 1. The number of likely N-dealkylation sites (tertiary alicyclic amines) is 1. The van der Waals surface area contributed by atoms with E-state index in [1.807, 2.05) is 11.8 Å². The Kier molecular flexibility index (Phi) is 5.06. The highest BCUT2D eigenvalue weighted by Crippen LogP contribution is 2.25. The molecule has 1 fully saturated rings. The molecule has 0 radical (unpaired) electrons. The van der Waals surface area contributed by atoms with Gasteiger partial charge in [0, 0.05) is 31.9 Å². The van der Waals surface area contributed by atoms with E-state index in [2.05, 4.69) is 36.2 Å². The first-order chi connectivity index (χ1) is 9.93. The van der Waals surface area contributed by atoms with Crippen molar-refractivity contribution in [1.29, 1.82) is 0 Å². The Bertz CT molecular complexity index is 520. The zero-order valence-electron chi connectivity index (χ0n) is 13.1. The molecule has 1 saturated heterocycles. The number of nitrogens with zero attached hydrogens (tertiary/aromatic N) is 3. The number of pyridine rings is 1. The van der Waals surface area contributed by atoms with Crippen LogP contribution in [0.2, 0.25) is 5.02 Å². The van der Waals surface area contributed by atoms with Crippen molar-refractivity contribution in [2.24, 2.45) is 5.92 Å². The van der Waals surface area contributed by atoms with Crippen LogP contribution in [0.1, 0.15) is 24.2 Å². The summed E-state index contributed by atoms with van der Waals surface area (Å²) in [6.45, 7) is 6.42. The minimum absolute atomic E-state index is 0.0160. The molecule has 1 amide bonds. The maximum atomic E-state index is 12.7. The van der Waals surface area contributed by atoms with Crippen molar-refractivity contribution in [1.82, 2.24) is 14.8 Å². The second-order valence-electron chi connectivity index (χ2n) is 5.80. The van der Waals surface area contributed by atoms with Crippen molar-refractivity contribution in [3.8, 4) is 0 Å². The van der Waals surface area contributed by atoms with Crippen LogP contribution in [0, 0.1) is 5.92 Å². The van der Waals surface area contributed by atoms with E-state index >= 15 is 0 Å². The molecular weight excluding hydrogens is 288 g/mol. The molecule has 0 aromatic carbocycles. The number of aromatic nitrogens is 1. The van der Waals surface area contributed by atoms with E-state index in [1.165, 1.54) is 6.20 Å². The standard InChI is InChI=1S/C15H23ClN4O/c1-5-17-14-6-11(12(16)7-18-14)15(21)20-8-10(2)13(9-20)19(3)4/h6-7,10,13H,5,8-9H2,1-4H3,(H,17,18). The molecule has 5 nitrogen and oxygen atoms in total. The van der Waals surface area contributed by atoms with Crippen molar-refractivity contribution in [3.63, 3.8) is 0 Å². The van der Waals surface area contributed by atoms with Crippen LogP contribution in [-0.4, -0.2) is 60.5 Å². The van der Waals surface area contributed by atoms with Gasteiger partial charge in [0.1, 0.15) is 5.82 Å². The second kappa shape index (κ2) is 6.62. The Labute approximate surface area is 131 Å². The maximum absolute atomic E-state index is 12.7. The Morgan fingerprint density at radius 3 is 2.81 bits per heavy atom. The Morgan fingerprint density at radius 1 is 1.52 bits per heavy atom. The van der Waals surface area contributed by atoms with E-state index in [9.17, 15) is 4.79 Å². The van der Waals surface area contributed by atoms with Gasteiger partial charge in [-0.15, -0.1) is 0 Å². The maximum Gasteiger partial charge on any atom is 0.255 e. The fourth-order valence-electron chi connectivity index (χ4n) is 2.84. The van der Waals surface area contributed by atoms with Crippen molar-refractivity contribution < 1.29 is 4.79 Å². The summed E-state index contributed by atoms with van der Waals surface area (Å²) in [5.74, 6) is 1.12. The molecule has 116 valence electrons. The van der Waals surface area contributed by atoms with Crippen molar-refractivity contribution >= 4 is 23.3 Å². The van der Waals surface area contributed by atoms with Crippen molar-refractivity contribution in [2.45, 2.75) is 19.9 Å². The topological polar surface area (TPSA) is 48.5 Å². The molecule has 21 heavy (non-hydrogen) atoms. The van der Waals surface area contributed by atoms with Gasteiger partial charge < -0.3 is 15.1 Å². The smallest absolute Gasteiger partial charge is 0.255 e. The van der Waals surface area contributed by atoms with E-state index in [0.29, 0.717) is 28.4 Å². The van der Waals surface area contributed by atoms with Gasteiger partial charge in [0.15, 0.2) is 0 Å². The Balaban J connectivity index is 2.19. The average Bonchev–Trinajstić information content (AvgIpc) is 2.83. The molecule has 2 atom stereocenters. The lowest BCUT2D eigenvalue weighted by molar-refractivity contribution is 0.0781. The van der Waals surface area contributed by atoms with Gasteiger partial charge >= 0.3 is 0 Å². The van der Waals surface area contributed by atoms with Crippen LogP contribution in [0.3, 0.4) is 0 Å². The van der Waals surface area contributed by atoms with E-state index in [4.69, 9.17) is 11.6 Å². The third-order valence-corrected chi connectivity index (χ3v) is 4.27. The van der Waals surface area contributed by atoms with E-state index < -0.39 is 0 Å². The quantitative estimate of drug-likeness (QED) is 0.926. The molecule has 0 spiro atoms. The highest BCUT2D eigenvalue weighted by Gasteiger charge is 2.34. The van der Waals surface area contributed by atoms with Crippen LogP contribution in [-0.2, 0) is 0 Å². The fraction of sp³-hybridized carbons (Fsp3) is 0.600. The number of likely N-dealkylation sites (N-methyl/N-ethyl adjacent to an activating group) is 1. The number of halogens is 1. The lowest BCUT2D eigenvalue weighted by Crippen LogP contribution is -2.35. The first-order valence-corrected chi connectivity index (χ1v) is 7.67. The number of hydrogen-bond donors (Lipinski definition) is 1. The summed E-state index contributed by atoms with van der Waals surface area (Å²) in [5.41, 5.74) is 0.522. The van der Waals surface area contributed by atoms with E-state index in [-0.39, 0.29) is 5.91 Å². The Hall–Kier alpha value is -1.33. The van der Waals surface area contributed by atoms with E-state index in [1.54, 1.807) is 6.07 Å². The number of carbonyl (C=O) groups excluding carboxylic acids is 1. The van der Waals surface area contributed by atoms with Crippen LogP contribution in [0.5, 0.6) is 0 Å². The lowest BCUT2D eigenvalue weighted by Gasteiger charge is -2.22. The molecule has 0 aliphatic carbocycles. The van der Waals surface area contributed by atoms with Crippen LogP contribution >= 0.6 is 11.6 Å². The van der Waals surface area contributed by atoms with Gasteiger partial charge in [-0.2, -0.15) is 0 Å². The third-order valence-electron chi connectivity index (χ3n) is 3.97. The largest absolute Gasteiger partial charge is 0.370 e. The molecule has 2 unspecified atom stereocenters. The normalized spacial score (nSPS) is 21.9. The molecule has 0 bridgehead atoms. The lowest BCUT2D eigenvalue weighted by atomic mass is 10.1. The van der Waals surface area contributed by atoms with Crippen molar-refractivity contribution in [3.05, 3.63) is 22.8 Å². The number of hydrogen-bond acceptors (Lipinski definition) is 4. The van der Waals surface area contributed by atoms with E-state index in [0.717, 1.165) is 19.6 Å². The summed E-state index contributed by atoms with van der Waals surface area (Å²) in [5, 5.41) is 3.51. The fourth-order valence-corrected chi connectivity index (χ4v) is 3.02. The first-order valence-electron chi connectivity index (χ1n) is 7.29. The zero-order chi connectivity index (χ0) is 15.6. The summed E-state index contributed by atoms with van der Waals surface area (Å²) in [6, 6.07) is 2.13. The number of anilines is 1. The summed E-state index contributed by atoms with van der Waals surface area (Å²) >= 11 is 6.16. The molecule has 0 saturated carbocycles. The van der Waals surface area contributed by atoms with Gasteiger partial charge in [0.05, 0.1) is 10.6 Å². The average molecular weight is 311 g/mol. The summed E-state index contributed by atoms with van der Waals surface area (Å²) < 4.78 is 0. The molecule has 1 aromatic heterocycles. The van der Waals surface area contributed by atoms with Crippen LogP contribution < -0.4 is 5.32 Å². The minimum Gasteiger partial charge on any atom is -0.370 e. The Morgan fingerprint density at radius 2 is 2.24 bits per heavy atom. The van der Waals surface area contributed by atoms with Crippen molar-refractivity contribution in [2.75, 3.05) is 39.0 Å². The third kappa shape index (κ3) is 3.47. The van der Waals surface area contributed by atoms with Crippen LogP contribution in [0.15, 0.2) is 12.3 Å². The molecule has 2 rings (SSSR count). The van der Waals surface area contributed by atoms with Gasteiger partial charge in [-0.3, -0.25) is 4.79 Å². The highest BCUT2D eigenvalue weighted by molar-refractivity contribution is 6.33. The zero-order valence-corrected chi connectivity index (χ0v) is 13.8. The molecule has 1 N–H and O–H groups in total. The first kappa shape index (κ1) is 16.0. The number of carbonyl (C=O) groups is 1. The molecular formula is C15H23ClN4O. The summed E-state index contributed by atoms with van der Waals surface area (Å²) in [6.07, 6.45) is 1.54. The van der Waals surface area contributed by atoms with Gasteiger partial charge in [0.25, 0.3) is 5.91 Å². The highest BCUT2D eigenvalue weighted by atomic mass is 35.5. The number of rotatable bonds is 4. The van der Waals surface area contributed by atoms with Gasteiger partial charge in [-0.25, -0.2) is 4.98 Å². The number of amides is 1. The summed E-state index contributed by atoms with van der Waals surface area (Å²) in [4.78, 5) is 20.9. The molecule has 2 heterocycles. The summed E-state index contributed by atoms with van der Waals surface area (Å²) in [7, 11) is 4.11. The van der Waals surface area contributed by atoms with Gasteiger partial charge in [-0.05, 0) is 33.0 Å². The van der Waals surface area contributed by atoms with Gasteiger partial charge in [0.2, 0.25) is 0 Å². The molecule has 1 aromatic rings. The SMILES string of the molecule is CCNc1cc(C(=O)N2CC(C)C(N(C)C)C2)c(Cl)cn1. The van der Waals surface area contributed by atoms with Gasteiger partial charge in [-0.1, -0.05) is 18.5 Å². The predicted octanol–water partition coefficient (Wildman–Crippen LogP) is 2.19. The molecule has 1 aliphatic heterocycles. The predicted molar refractivity (Wildman–Crippen MR) is 86.0 cm³/mol. The van der Waals surface area contributed by atoms with Crippen LogP contribution in [0.25, 0.3) is 0 Å². The molecule has 1 aliphatic rings. The monoisotopic (exact) mass is 310 g/mol. The molecule has 6 heteroatoms. The van der Waals surface area contributed by atoms with Crippen LogP contribution in [0.4, 0.5) is 5.82 Å².